The lowest BCUT2D eigenvalue weighted by atomic mass is 10.1. The number of nitrogens with one attached hydrogen (secondary N) is 1. The minimum atomic E-state index is -0.0411. The van der Waals surface area contributed by atoms with Crippen LogP contribution in [-0.2, 0) is 17.8 Å². The van der Waals surface area contributed by atoms with Gasteiger partial charge in [-0.3, -0.25) is 4.79 Å². The summed E-state index contributed by atoms with van der Waals surface area (Å²) in [7, 11) is 0. The van der Waals surface area contributed by atoms with Crippen LogP contribution in [0.25, 0.3) is 0 Å². The Morgan fingerprint density at radius 1 is 1.00 bits per heavy atom. The van der Waals surface area contributed by atoms with Gasteiger partial charge in [0.2, 0.25) is 5.91 Å². The van der Waals surface area contributed by atoms with Crippen LogP contribution >= 0.6 is 0 Å². The second kappa shape index (κ2) is 6.16. The normalized spacial score (nSPS) is 10.2. The summed E-state index contributed by atoms with van der Waals surface area (Å²) in [5.74, 6) is -0.0411. The highest BCUT2D eigenvalue weighted by molar-refractivity contribution is 5.92. The first kappa shape index (κ1) is 13.3. The number of carbonyl (C=O) groups is 1. The van der Waals surface area contributed by atoms with Crippen molar-refractivity contribution >= 4 is 11.6 Å². The topological polar surface area (TPSA) is 49.3 Å². The molecule has 19 heavy (non-hydrogen) atoms. The molecule has 0 aliphatic rings. The molecule has 0 saturated heterocycles. The molecule has 3 nitrogen and oxygen atoms in total. The summed E-state index contributed by atoms with van der Waals surface area (Å²) >= 11 is 0. The molecule has 98 valence electrons. The molecule has 2 aromatic rings. The van der Waals surface area contributed by atoms with Gasteiger partial charge < -0.3 is 10.4 Å². The molecule has 2 aromatic carbocycles. The van der Waals surface area contributed by atoms with Crippen LogP contribution in [0.1, 0.15) is 16.7 Å². The molecule has 0 fully saturated rings. The van der Waals surface area contributed by atoms with E-state index in [1.165, 1.54) is 5.56 Å². The van der Waals surface area contributed by atoms with Gasteiger partial charge in [0.1, 0.15) is 0 Å². The summed E-state index contributed by atoms with van der Waals surface area (Å²) in [6.45, 7) is 2.03. The Morgan fingerprint density at radius 3 is 2.16 bits per heavy atom. The van der Waals surface area contributed by atoms with Crippen molar-refractivity contribution in [1.29, 1.82) is 0 Å². The standard InChI is InChI=1S/C16H17NO2/c1-12-2-4-13(5-3-12)10-16(19)17-15-8-6-14(11-18)7-9-15/h2-9,18H,10-11H2,1H3,(H,17,19). The first-order valence-electron chi connectivity index (χ1n) is 6.22. The van der Waals surface area contributed by atoms with E-state index in [0.717, 1.165) is 16.8 Å². The molecule has 0 atom stereocenters. The average Bonchev–Trinajstić information content (AvgIpc) is 2.42. The van der Waals surface area contributed by atoms with Gasteiger partial charge in [0.25, 0.3) is 0 Å². The van der Waals surface area contributed by atoms with Crippen molar-refractivity contribution in [2.24, 2.45) is 0 Å². The Morgan fingerprint density at radius 2 is 1.58 bits per heavy atom. The summed E-state index contributed by atoms with van der Waals surface area (Å²) in [4.78, 5) is 11.9. The number of rotatable bonds is 4. The molecule has 2 N–H and O–H groups in total. The van der Waals surface area contributed by atoms with E-state index in [9.17, 15) is 4.79 Å². The van der Waals surface area contributed by atoms with Gasteiger partial charge in [-0.25, -0.2) is 0 Å². The fraction of sp³-hybridized carbons (Fsp3) is 0.188. The number of amides is 1. The summed E-state index contributed by atoms with van der Waals surface area (Å²) in [6, 6.07) is 15.1. The monoisotopic (exact) mass is 255 g/mol. The highest BCUT2D eigenvalue weighted by Gasteiger charge is 2.04. The number of hydrogen-bond acceptors (Lipinski definition) is 2. The van der Waals surface area contributed by atoms with Crippen molar-refractivity contribution in [1.82, 2.24) is 0 Å². The molecule has 0 aliphatic heterocycles. The van der Waals surface area contributed by atoms with E-state index < -0.39 is 0 Å². The van der Waals surface area contributed by atoms with Gasteiger partial charge in [-0.15, -0.1) is 0 Å². The lowest BCUT2D eigenvalue weighted by Gasteiger charge is -2.06. The third-order valence-corrected chi connectivity index (χ3v) is 2.91. The van der Waals surface area contributed by atoms with Crippen LogP contribution in [0.5, 0.6) is 0 Å². The molecule has 0 radical (unpaired) electrons. The molecular weight excluding hydrogens is 238 g/mol. The van der Waals surface area contributed by atoms with Gasteiger partial charge in [-0.05, 0) is 30.2 Å². The average molecular weight is 255 g/mol. The van der Waals surface area contributed by atoms with Gasteiger partial charge in [0, 0.05) is 5.69 Å². The van der Waals surface area contributed by atoms with Crippen LogP contribution in [0.4, 0.5) is 5.69 Å². The molecular formula is C16H17NO2. The van der Waals surface area contributed by atoms with Gasteiger partial charge >= 0.3 is 0 Å². The fourth-order valence-electron chi connectivity index (χ4n) is 1.79. The van der Waals surface area contributed by atoms with Crippen LogP contribution < -0.4 is 5.32 Å². The van der Waals surface area contributed by atoms with E-state index in [0.29, 0.717) is 6.42 Å². The number of aliphatic hydroxyl groups excluding tert-OH is 1. The number of anilines is 1. The van der Waals surface area contributed by atoms with Crippen LogP contribution in [-0.4, -0.2) is 11.0 Å². The first-order valence-corrected chi connectivity index (χ1v) is 6.22. The third-order valence-electron chi connectivity index (χ3n) is 2.91. The van der Waals surface area contributed by atoms with Crippen LogP contribution in [0, 0.1) is 6.92 Å². The van der Waals surface area contributed by atoms with E-state index in [-0.39, 0.29) is 12.5 Å². The maximum atomic E-state index is 11.9. The Labute approximate surface area is 112 Å². The Hall–Kier alpha value is -2.13. The van der Waals surface area contributed by atoms with E-state index in [2.05, 4.69) is 5.32 Å². The number of aryl methyl sites for hydroxylation is 1. The summed E-state index contributed by atoms with van der Waals surface area (Å²) in [5, 5.41) is 11.8. The second-order valence-corrected chi connectivity index (χ2v) is 4.57. The molecule has 0 spiro atoms. The lowest BCUT2D eigenvalue weighted by molar-refractivity contribution is -0.115. The predicted molar refractivity (Wildman–Crippen MR) is 75.9 cm³/mol. The van der Waals surface area contributed by atoms with Crippen molar-refractivity contribution in [2.75, 3.05) is 5.32 Å². The zero-order chi connectivity index (χ0) is 13.7. The summed E-state index contributed by atoms with van der Waals surface area (Å²) in [5.41, 5.74) is 3.75. The van der Waals surface area contributed by atoms with E-state index >= 15 is 0 Å². The number of aliphatic hydroxyl groups is 1. The van der Waals surface area contributed by atoms with Crippen LogP contribution in [0.3, 0.4) is 0 Å². The first-order chi connectivity index (χ1) is 9.17. The summed E-state index contributed by atoms with van der Waals surface area (Å²) < 4.78 is 0. The van der Waals surface area contributed by atoms with Gasteiger partial charge in [-0.1, -0.05) is 42.0 Å². The molecule has 0 bridgehead atoms. The van der Waals surface area contributed by atoms with Crippen molar-refractivity contribution in [2.45, 2.75) is 20.0 Å². The number of hydrogen-bond donors (Lipinski definition) is 2. The van der Waals surface area contributed by atoms with Gasteiger partial charge in [0.05, 0.1) is 13.0 Å². The molecule has 3 heteroatoms. The van der Waals surface area contributed by atoms with Crippen LogP contribution in [0.2, 0.25) is 0 Å². The molecule has 0 heterocycles. The maximum absolute atomic E-state index is 11.9. The van der Waals surface area contributed by atoms with Gasteiger partial charge in [-0.2, -0.15) is 0 Å². The van der Waals surface area contributed by atoms with Crippen molar-refractivity contribution in [3.8, 4) is 0 Å². The largest absolute Gasteiger partial charge is 0.392 e. The fourth-order valence-corrected chi connectivity index (χ4v) is 1.79. The minimum absolute atomic E-state index is 0.0115. The van der Waals surface area contributed by atoms with Crippen LogP contribution in [0.15, 0.2) is 48.5 Å². The quantitative estimate of drug-likeness (QED) is 0.882. The minimum Gasteiger partial charge on any atom is -0.392 e. The van der Waals surface area contributed by atoms with Gasteiger partial charge in [0.15, 0.2) is 0 Å². The third kappa shape index (κ3) is 3.93. The Bertz CT molecular complexity index is 544. The maximum Gasteiger partial charge on any atom is 0.228 e. The van der Waals surface area contributed by atoms with Crippen molar-refractivity contribution < 1.29 is 9.90 Å². The Kier molecular flexibility index (Phi) is 4.31. The zero-order valence-electron chi connectivity index (χ0n) is 10.9. The second-order valence-electron chi connectivity index (χ2n) is 4.57. The number of benzene rings is 2. The molecule has 0 aliphatic carbocycles. The highest BCUT2D eigenvalue weighted by atomic mass is 16.3. The highest BCUT2D eigenvalue weighted by Crippen LogP contribution is 2.11. The SMILES string of the molecule is Cc1ccc(CC(=O)Nc2ccc(CO)cc2)cc1. The van der Waals surface area contributed by atoms with E-state index in [1.54, 1.807) is 24.3 Å². The molecule has 1 amide bonds. The van der Waals surface area contributed by atoms with Crippen molar-refractivity contribution in [3.05, 3.63) is 65.2 Å². The zero-order valence-corrected chi connectivity index (χ0v) is 10.9. The lowest BCUT2D eigenvalue weighted by Crippen LogP contribution is -2.14. The van der Waals surface area contributed by atoms with E-state index in [1.807, 2.05) is 31.2 Å². The predicted octanol–water partition coefficient (Wildman–Crippen LogP) is 2.67. The summed E-state index contributed by atoms with van der Waals surface area (Å²) in [6.07, 6.45) is 0.363. The van der Waals surface area contributed by atoms with Crippen molar-refractivity contribution in [3.63, 3.8) is 0 Å². The van der Waals surface area contributed by atoms with E-state index in [4.69, 9.17) is 5.11 Å². The molecule has 2 rings (SSSR count). The molecule has 0 unspecified atom stereocenters. The molecule has 0 saturated carbocycles. The Balaban J connectivity index is 1.95. The number of carbonyl (C=O) groups excluding carboxylic acids is 1. The smallest absolute Gasteiger partial charge is 0.228 e. The molecule has 0 aromatic heterocycles.